The highest BCUT2D eigenvalue weighted by Crippen LogP contribution is 2.24. The van der Waals surface area contributed by atoms with Crippen molar-refractivity contribution < 1.29 is 19.5 Å². The van der Waals surface area contributed by atoms with E-state index in [0.29, 0.717) is 11.2 Å². The molecule has 2 atom stereocenters. The van der Waals surface area contributed by atoms with Gasteiger partial charge in [0.05, 0.1) is 6.10 Å². The molecular formula is C13H19BO4. The quantitative estimate of drug-likeness (QED) is 0.772. The Labute approximate surface area is 108 Å². The first kappa shape index (κ1) is 13.4. The fourth-order valence-corrected chi connectivity index (χ4v) is 2.40. The molecular weight excluding hydrogens is 231 g/mol. The molecule has 0 aromatic heterocycles. The summed E-state index contributed by atoms with van der Waals surface area (Å²) in [7, 11) is 0.223. The second kappa shape index (κ2) is 6.23. The number of hydrogen-bond acceptors (Lipinski definition) is 4. The van der Waals surface area contributed by atoms with E-state index in [9.17, 15) is 10.0 Å². The van der Waals surface area contributed by atoms with E-state index in [4.69, 9.17) is 9.47 Å². The molecule has 1 fully saturated rings. The first-order chi connectivity index (χ1) is 8.70. The number of benzene rings is 1. The molecule has 1 aromatic rings. The topological polar surface area (TPSA) is 58.9 Å². The van der Waals surface area contributed by atoms with Gasteiger partial charge >= 0.3 is 7.12 Å². The smallest absolute Gasteiger partial charge is 0.491 e. The highest BCUT2D eigenvalue weighted by atomic mass is 16.5. The van der Waals surface area contributed by atoms with Gasteiger partial charge in [0.1, 0.15) is 11.9 Å². The minimum absolute atomic E-state index is 0.0867. The molecule has 0 heterocycles. The van der Waals surface area contributed by atoms with E-state index in [1.54, 1.807) is 25.3 Å². The first-order valence-electron chi connectivity index (χ1n) is 6.35. The third kappa shape index (κ3) is 3.25. The largest absolute Gasteiger partial charge is 0.492 e. The lowest BCUT2D eigenvalue weighted by atomic mass is 9.79. The van der Waals surface area contributed by atoms with Crippen LogP contribution in [-0.4, -0.2) is 36.5 Å². The van der Waals surface area contributed by atoms with Gasteiger partial charge in [-0.25, -0.2) is 0 Å². The van der Waals surface area contributed by atoms with Crippen LogP contribution in [0.15, 0.2) is 24.3 Å². The van der Waals surface area contributed by atoms with Gasteiger partial charge < -0.3 is 19.5 Å². The maximum Gasteiger partial charge on any atom is 0.492 e. The van der Waals surface area contributed by atoms with Crippen molar-refractivity contribution in [2.75, 3.05) is 7.11 Å². The van der Waals surface area contributed by atoms with Gasteiger partial charge in [0, 0.05) is 19.0 Å². The van der Waals surface area contributed by atoms with E-state index in [0.717, 1.165) is 25.7 Å². The molecule has 4 nitrogen and oxygen atoms in total. The Balaban J connectivity index is 2.04. The monoisotopic (exact) mass is 250 g/mol. The predicted octanol–water partition coefficient (Wildman–Crippen LogP) is 0.703. The van der Waals surface area contributed by atoms with Crippen molar-refractivity contribution >= 4 is 12.6 Å². The second-order valence-corrected chi connectivity index (χ2v) is 4.68. The molecule has 0 radical (unpaired) electrons. The van der Waals surface area contributed by atoms with Crippen molar-refractivity contribution in [3.8, 4) is 5.75 Å². The molecule has 2 rings (SSSR count). The summed E-state index contributed by atoms with van der Waals surface area (Å²) in [5, 5.41) is 18.6. The zero-order valence-electron chi connectivity index (χ0n) is 10.6. The van der Waals surface area contributed by atoms with Crippen LogP contribution < -0.4 is 10.2 Å². The summed E-state index contributed by atoms with van der Waals surface area (Å²) in [6, 6.07) is 7.03. The number of ether oxygens (including phenoxy) is 2. The Morgan fingerprint density at radius 1 is 1.17 bits per heavy atom. The van der Waals surface area contributed by atoms with Crippen LogP contribution in [0.1, 0.15) is 25.7 Å². The molecule has 1 saturated carbocycles. The summed E-state index contributed by atoms with van der Waals surface area (Å²) in [4.78, 5) is 0. The molecule has 2 N–H and O–H groups in total. The van der Waals surface area contributed by atoms with Crippen LogP contribution in [0, 0.1) is 0 Å². The Morgan fingerprint density at radius 3 is 2.61 bits per heavy atom. The summed E-state index contributed by atoms with van der Waals surface area (Å²) in [6.45, 7) is 0. The van der Waals surface area contributed by atoms with Crippen molar-refractivity contribution in [3.05, 3.63) is 24.3 Å². The molecule has 0 amide bonds. The zero-order chi connectivity index (χ0) is 13.0. The molecule has 98 valence electrons. The van der Waals surface area contributed by atoms with Gasteiger partial charge in [0.15, 0.2) is 0 Å². The number of rotatable bonds is 4. The minimum atomic E-state index is -1.50. The van der Waals surface area contributed by atoms with Gasteiger partial charge in [-0.2, -0.15) is 0 Å². The van der Waals surface area contributed by atoms with Crippen LogP contribution in [0.2, 0.25) is 0 Å². The number of hydrogen-bond donors (Lipinski definition) is 2. The van der Waals surface area contributed by atoms with Crippen molar-refractivity contribution in [2.45, 2.75) is 37.9 Å². The van der Waals surface area contributed by atoms with Gasteiger partial charge in [-0.15, -0.1) is 0 Å². The number of methoxy groups -OCH3 is 1. The minimum Gasteiger partial charge on any atom is -0.491 e. The van der Waals surface area contributed by atoms with Crippen molar-refractivity contribution in [2.24, 2.45) is 0 Å². The molecule has 18 heavy (non-hydrogen) atoms. The predicted molar refractivity (Wildman–Crippen MR) is 69.9 cm³/mol. The van der Waals surface area contributed by atoms with E-state index in [2.05, 4.69) is 0 Å². The normalized spacial score (nSPS) is 23.7. The summed E-state index contributed by atoms with van der Waals surface area (Å²) in [5.74, 6) is 0.550. The molecule has 2 unspecified atom stereocenters. The van der Waals surface area contributed by atoms with E-state index in [1.807, 2.05) is 6.07 Å². The van der Waals surface area contributed by atoms with E-state index >= 15 is 0 Å². The molecule has 1 aromatic carbocycles. The van der Waals surface area contributed by atoms with E-state index < -0.39 is 7.12 Å². The molecule has 0 spiro atoms. The fourth-order valence-electron chi connectivity index (χ4n) is 2.40. The van der Waals surface area contributed by atoms with Crippen molar-refractivity contribution in [1.82, 2.24) is 0 Å². The molecule has 0 saturated heterocycles. The van der Waals surface area contributed by atoms with Crippen LogP contribution >= 0.6 is 0 Å². The average Bonchev–Trinajstić information content (AvgIpc) is 2.39. The lowest BCUT2D eigenvalue weighted by Gasteiger charge is -2.29. The summed E-state index contributed by atoms with van der Waals surface area (Å²) in [6.07, 6.45) is 4.31. The standard InChI is InChI=1S/C13H19BO4/c1-17-10-5-4-6-11(9-10)18-13-8-3-2-7-12(13)14(15)16/h2-3,7-8,10-11,15-16H,4-6,9H2,1H3. The van der Waals surface area contributed by atoms with E-state index in [-0.39, 0.29) is 12.2 Å². The lowest BCUT2D eigenvalue weighted by molar-refractivity contribution is 0.0212. The maximum atomic E-state index is 9.28. The second-order valence-electron chi connectivity index (χ2n) is 4.68. The summed E-state index contributed by atoms with van der Waals surface area (Å²) < 4.78 is 11.2. The van der Waals surface area contributed by atoms with Crippen molar-refractivity contribution in [1.29, 1.82) is 0 Å². The van der Waals surface area contributed by atoms with Gasteiger partial charge in [-0.05, 0) is 25.3 Å². The van der Waals surface area contributed by atoms with Crippen LogP contribution in [-0.2, 0) is 4.74 Å². The summed E-state index contributed by atoms with van der Waals surface area (Å²) in [5.41, 5.74) is 0.414. The van der Waals surface area contributed by atoms with Crippen LogP contribution in [0.5, 0.6) is 5.75 Å². The average molecular weight is 250 g/mol. The molecule has 1 aliphatic carbocycles. The maximum absolute atomic E-state index is 9.28. The molecule has 1 aliphatic rings. The fraction of sp³-hybridized carbons (Fsp3) is 0.538. The van der Waals surface area contributed by atoms with Gasteiger partial charge in [0.25, 0.3) is 0 Å². The third-order valence-electron chi connectivity index (χ3n) is 3.40. The Bertz CT molecular complexity index is 383. The zero-order valence-corrected chi connectivity index (χ0v) is 10.6. The Kier molecular flexibility index (Phi) is 4.63. The SMILES string of the molecule is COC1CCCC(Oc2ccccc2B(O)O)C1. The molecule has 0 bridgehead atoms. The van der Waals surface area contributed by atoms with Crippen LogP contribution in [0.3, 0.4) is 0 Å². The van der Waals surface area contributed by atoms with Gasteiger partial charge in [0.2, 0.25) is 0 Å². The Morgan fingerprint density at radius 2 is 1.89 bits per heavy atom. The molecule has 0 aliphatic heterocycles. The highest BCUT2D eigenvalue weighted by molar-refractivity contribution is 6.59. The molecule has 5 heteroatoms. The van der Waals surface area contributed by atoms with Crippen LogP contribution in [0.4, 0.5) is 0 Å². The highest BCUT2D eigenvalue weighted by Gasteiger charge is 2.25. The third-order valence-corrected chi connectivity index (χ3v) is 3.40. The first-order valence-corrected chi connectivity index (χ1v) is 6.35. The van der Waals surface area contributed by atoms with E-state index in [1.165, 1.54) is 0 Å². The number of para-hydroxylation sites is 1. The van der Waals surface area contributed by atoms with Gasteiger partial charge in [-0.3, -0.25) is 0 Å². The van der Waals surface area contributed by atoms with Gasteiger partial charge in [-0.1, -0.05) is 18.2 Å². The van der Waals surface area contributed by atoms with Crippen molar-refractivity contribution in [3.63, 3.8) is 0 Å². The lowest BCUT2D eigenvalue weighted by Crippen LogP contribution is -2.35. The summed E-state index contributed by atoms with van der Waals surface area (Å²) >= 11 is 0. The van der Waals surface area contributed by atoms with Crippen LogP contribution in [0.25, 0.3) is 0 Å². The Hall–Kier alpha value is -1.04.